The van der Waals surface area contributed by atoms with Gasteiger partial charge in [0.25, 0.3) is 11.5 Å². The monoisotopic (exact) mass is 516 g/mol. The molecule has 3 aromatic rings. The third-order valence-corrected chi connectivity index (χ3v) is 7.34. The Labute approximate surface area is 198 Å². The van der Waals surface area contributed by atoms with Gasteiger partial charge < -0.3 is 4.74 Å². The molecule has 0 radical (unpaired) electrons. The van der Waals surface area contributed by atoms with E-state index in [1.807, 2.05) is 25.1 Å². The number of hydrogen-bond donors (Lipinski definition) is 1. The van der Waals surface area contributed by atoms with Crippen LogP contribution in [0.1, 0.15) is 49.2 Å². The molecule has 2 atom stereocenters. The van der Waals surface area contributed by atoms with Gasteiger partial charge in [0.05, 0.1) is 24.5 Å². The van der Waals surface area contributed by atoms with E-state index in [1.165, 1.54) is 22.0 Å². The molecule has 0 saturated heterocycles. The zero-order valence-corrected chi connectivity index (χ0v) is 20.6. The minimum absolute atomic E-state index is 0.167. The number of aromatic nitrogens is 2. The van der Waals surface area contributed by atoms with Crippen LogP contribution in [-0.2, 0) is 17.6 Å². The molecule has 168 valence electrons. The Hall–Kier alpha value is -2.52. The molecule has 0 bridgehead atoms. The Morgan fingerprint density at radius 2 is 2.31 bits per heavy atom. The molecule has 1 aromatic carbocycles. The van der Waals surface area contributed by atoms with Gasteiger partial charge in [-0.05, 0) is 62.8 Å². The lowest BCUT2D eigenvalue weighted by atomic mass is 9.89. The average Bonchev–Trinajstić information content (AvgIpc) is 3.13. The molecule has 1 aliphatic rings. The molecule has 7 nitrogen and oxygen atoms in total. The fourth-order valence-corrected chi connectivity index (χ4v) is 5.63. The summed E-state index contributed by atoms with van der Waals surface area (Å²) in [7, 11) is 0. The lowest BCUT2D eigenvalue weighted by molar-refractivity contribution is -0.123. The summed E-state index contributed by atoms with van der Waals surface area (Å²) in [4.78, 5) is 32.4. The second-order valence-corrected chi connectivity index (χ2v) is 10.0. The van der Waals surface area contributed by atoms with Gasteiger partial charge in [-0.2, -0.15) is 5.10 Å². The molecule has 2 aromatic heterocycles. The van der Waals surface area contributed by atoms with Gasteiger partial charge in [0.15, 0.2) is 0 Å². The van der Waals surface area contributed by atoms with E-state index in [0.29, 0.717) is 23.7 Å². The van der Waals surface area contributed by atoms with Crippen LogP contribution >= 0.6 is 27.3 Å². The topological polar surface area (TPSA) is 85.6 Å². The summed E-state index contributed by atoms with van der Waals surface area (Å²) < 4.78 is 7.86. The molecule has 32 heavy (non-hydrogen) atoms. The summed E-state index contributed by atoms with van der Waals surface area (Å²) in [6.07, 6.45) is 5.93. The minimum atomic E-state index is -0.747. The van der Waals surface area contributed by atoms with Crippen molar-refractivity contribution in [2.24, 2.45) is 11.0 Å². The van der Waals surface area contributed by atoms with Crippen molar-refractivity contribution in [1.82, 2.24) is 15.0 Å². The summed E-state index contributed by atoms with van der Waals surface area (Å²) >= 11 is 5.03. The minimum Gasteiger partial charge on any atom is -0.493 e. The fourth-order valence-electron chi connectivity index (χ4n) is 3.91. The van der Waals surface area contributed by atoms with Gasteiger partial charge >= 0.3 is 0 Å². The molecule has 4 rings (SSSR count). The van der Waals surface area contributed by atoms with Crippen molar-refractivity contribution in [2.45, 2.75) is 46.1 Å². The Balaban J connectivity index is 1.55. The molecule has 1 N–H and O–H groups in total. The summed E-state index contributed by atoms with van der Waals surface area (Å²) in [6.45, 7) is 6.33. The van der Waals surface area contributed by atoms with Gasteiger partial charge in [-0.25, -0.2) is 10.4 Å². The van der Waals surface area contributed by atoms with Crippen molar-refractivity contribution in [3.05, 3.63) is 55.4 Å². The fraction of sp³-hybridized carbons (Fsp3) is 0.391. The smallest absolute Gasteiger partial charge is 0.263 e. The van der Waals surface area contributed by atoms with Crippen LogP contribution < -0.4 is 15.7 Å². The van der Waals surface area contributed by atoms with E-state index in [1.54, 1.807) is 18.3 Å². The maximum absolute atomic E-state index is 13.2. The molecule has 0 unspecified atom stereocenters. The van der Waals surface area contributed by atoms with Crippen LogP contribution in [0, 0.1) is 5.92 Å². The second-order valence-electron chi connectivity index (χ2n) is 8.01. The van der Waals surface area contributed by atoms with Crippen molar-refractivity contribution in [1.29, 1.82) is 0 Å². The number of halogens is 1. The third kappa shape index (κ3) is 4.49. The van der Waals surface area contributed by atoms with Gasteiger partial charge in [0.1, 0.15) is 16.6 Å². The lowest BCUT2D eigenvalue weighted by Gasteiger charge is -2.18. The Bertz CT molecular complexity index is 1250. The highest BCUT2D eigenvalue weighted by molar-refractivity contribution is 9.10. The van der Waals surface area contributed by atoms with E-state index in [2.05, 4.69) is 38.4 Å². The van der Waals surface area contributed by atoms with E-state index in [9.17, 15) is 9.59 Å². The van der Waals surface area contributed by atoms with Gasteiger partial charge in [-0.1, -0.05) is 22.9 Å². The van der Waals surface area contributed by atoms with E-state index >= 15 is 0 Å². The zero-order chi connectivity index (χ0) is 22.8. The first-order valence-corrected chi connectivity index (χ1v) is 12.3. The Kier molecular flexibility index (Phi) is 6.76. The number of nitrogens with one attached hydrogen (secondary N) is 1. The predicted octanol–water partition coefficient (Wildman–Crippen LogP) is 4.46. The van der Waals surface area contributed by atoms with Crippen LogP contribution in [0.15, 0.2) is 38.9 Å². The number of nitrogens with zero attached hydrogens (tertiary/aromatic N) is 3. The van der Waals surface area contributed by atoms with Crippen molar-refractivity contribution in [3.8, 4) is 5.75 Å². The number of fused-ring (bicyclic) bond motifs is 3. The first kappa shape index (κ1) is 22.7. The number of thiophene rings is 1. The highest BCUT2D eigenvalue weighted by Crippen LogP contribution is 2.35. The Morgan fingerprint density at radius 1 is 1.50 bits per heavy atom. The average molecular weight is 517 g/mol. The Morgan fingerprint density at radius 3 is 3.09 bits per heavy atom. The number of aryl methyl sites for hydroxylation is 1. The first-order chi connectivity index (χ1) is 15.4. The predicted molar refractivity (Wildman–Crippen MR) is 131 cm³/mol. The van der Waals surface area contributed by atoms with Gasteiger partial charge in [0, 0.05) is 14.9 Å². The van der Waals surface area contributed by atoms with Crippen molar-refractivity contribution < 1.29 is 9.53 Å². The van der Waals surface area contributed by atoms with Crippen molar-refractivity contribution >= 4 is 49.6 Å². The van der Waals surface area contributed by atoms with Crippen molar-refractivity contribution in [3.63, 3.8) is 0 Å². The molecule has 0 aliphatic heterocycles. The number of rotatable bonds is 6. The number of ether oxygens (including phenoxy) is 1. The summed E-state index contributed by atoms with van der Waals surface area (Å²) in [5.41, 5.74) is 4.20. The molecule has 1 amide bonds. The lowest BCUT2D eigenvalue weighted by Crippen LogP contribution is -2.34. The number of amides is 1. The standard InChI is InChI=1S/C23H25BrN4O3S/c1-4-31-18-8-6-16(24)10-15(18)11-26-27-21(29)14(3)28-12-25-22-20(23(28)30)17-7-5-13(2)9-19(17)32-22/h6,8,10-14H,4-5,7,9H2,1-3H3,(H,27,29)/b26-11-/t13-,14-/m1/s1. The zero-order valence-electron chi connectivity index (χ0n) is 18.2. The van der Waals surface area contributed by atoms with Gasteiger partial charge in [-0.3, -0.25) is 14.2 Å². The highest BCUT2D eigenvalue weighted by Gasteiger charge is 2.25. The molecular formula is C23H25BrN4O3S. The molecule has 1 aliphatic carbocycles. The molecule has 0 spiro atoms. The van der Waals surface area contributed by atoms with Gasteiger partial charge in [-0.15, -0.1) is 11.3 Å². The molecule has 0 fully saturated rings. The van der Waals surface area contributed by atoms with E-state index in [4.69, 9.17) is 4.74 Å². The number of carbonyl (C=O) groups excluding carboxylic acids is 1. The summed E-state index contributed by atoms with van der Waals surface area (Å²) in [5.74, 6) is 0.896. The largest absolute Gasteiger partial charge is 0.493 e. The van der Waals surface area contributed by atoms with Gasteiger partial charge in [0.2, 0.25) is 0 Å². The van der Waals surface area contributed by atoms with Crippen LogP contribution in [-0.4, -0.2) is 28.3 Å². The number of benzene rings is 1. The normalized spacial score (nSPS) is 16.8. The molecule has 0 saturated carbocycles. The van der Waals surface area contributed by atoms with Crippen LogP contribution in [0.5, 0.6) is 5.75 Å². The highest BCUT2D eigenvalue weighted by atomic mass is 79.9. The second kappa shape index (κ2) is 9.54. The maximum atomic E-state index is 13.2. The summed E-state index contributed by atoms with van der Waals surface area (Å²) in [6, 6.07) is 4.82. The molecule has 2 heterocycles. The summed E-state index contributed by atoms with van der Waals surface area (Å²) in [5, 5.41) is 4.74. The third-order valence-electron chi connectivity index (χ3n) is 5.69. The molecular weight excluding hydrogens is 492 g/mol. The number of hydrazone groups is 1. The maximum Gasteiger partial charge on any atom is 0.263 e. The van der Waals surface area contributed by atoms with Crippen molar-refractivity contribution in [2.75, 3.05) is 6.61 Å². The molecule has 9 heteroatoms. The van der Waals surface area contributed by atoms with Crippen LogP contribution in [0.3, 0.4) is 0 Å². The SMILES string of the molecule is CCOc1ccc(Br)cc1/C=N\NC(=O)[C@@H](C)n1cnc2sc3c(c2c1=O)CC[C@@H](C)C3. The number of carbonyl (C=O) groups is 1. The number of hydrogen-bond acceptors (Lipinski definition) is 6. The van der Waals surface area contributed by atoms with E-state index in [-0.39, 0.29) is 5.56 Å². The van der Waals surface area contributed by atoms with E-state index in [0.717, 1.165) is 39.7 Å². The first-order valence-electron chi connectivity index (χ1n) is 10.7. The van der Waals surface area contributed by atoms with Crippen LogP contribution in [0.25, 0.3) is 10.2 Å². The van der Waals surface area contributed by atoms with Crippen LogP contribution in [0.4, 0.5) is 0 Å². The quantitative estimate of drug-likeness (QED) is 0.387. The van der Waals surface area contributed by atoms with Crippen LogP contribution in [0.2, 0.25) is 0 Å². The van der Waals surface area contributed by atoms with E-state index < -0.39 is 11.9 Å².